The first-order chi connectivity index (χ1) is 13.6. The van der Waals surface area contributed by atoms with E-state index in [1.165, 1.54) is 0 Å². The molecule has 138 valence electrons. The Labute approximate surface area is 162 Å². The van der Waals surface area contributed by atoms with Gasteiger partial charge in [0.2, 0.25) is 0 Å². The predicted octanol–water partition coefficient (Wildman–Crippen LogP) is 4.06. The van der Waals surface area contributed by atoms with E-state index in [1.807, 2.05) is 0 Å². The van der Waals surface area contributed by atoms with E-state index in [1.54, 1.807) is 84.9 Å². The molecule has 4 heteroatoms. The third-order valence-electron chi connectivity index (χ3n) is 5.35. The molecule has 0 saturated carbocycles. The lowest BCUT2D eigenvalue weighted by Crippen LogP contribution is -2.42. The zero-order valence-electron chi connectivity index (χ0n) is 15.0. The summed E-state index contributed by atoms with van der Waals surface area (Å²) in [5, 5.41) is 11.1. The standard InChI is InChI=1S/C24H18O4/c25-20(16-9-3-1-4-10-16)15-24(21(26)17-11-5-2-6-12-17)22(27)18-13-7-8-14-19(18)23(24)28/h1-14,22,27H,15H2/t22-,24-/m0/s1. The van der Waals surface area contributed by atoms with Crippen LogP contribution in [0.2, 0.25) is 0 Å². The van der Waals surface area contributed by atoms with Crippen molar-refractivity contribution in [3.05, 3.63) is 107 Å². The summed E-state index contributed by atoms with van der Waals surface area (Å²) in [4.78, 5) is 39.8. The minimum Gasteiger partial charge on any atom is -0.387 e. The molecule has 1 N–H and O–H groups in total. The molecule has 4 nitrogen and oxygen atoms in total. The number of carbonyl (C=O) groups excluding carboxylic acids is 3. The molecule has 0 aliphatic heterocycles. The average Bonchev–Trinajstić information content (AvgIpc) is 2.97. The van der Waals surface area contributed by atoms with Crippen molar-refractivity contribution in [2.24, 2.45) is 5.41 Å². The monoisotopic (exact) mass is 370 g/mol. The Morgan fingerprint density at radius 3 is 1.93 bits per heavy atom. The van der Waals surface area contributed by atoms with Crippen molar-refractivity contribution in [1.82, 2.24) is 0 Å². The molecule has 0 fully saturated rings. The summed E-state index contributed by atoms with van der Waals surface area (Å²) < 4.78 is 0. The highest BCUT2D eigenvalue weighted by Gasteiger charge is 2.58. The van der Waals surface area contributed by atoms with Crippen molar-refractivity contribution >= 4 is 17.3 Å². The maximum Gasteiger partial charge on any atom is 0.180 e. The van der Waals surface area contributed by atoms with Crippen LogP contribution in [0.3, 0.4) is 0 Å². The van der Waals surface area contributed by atoms with Gasteiger partial charge in [-0.2, -0.15) is 0 Å². The maximum atomic E-state index is 13.5. The number of benzene rings is 3. The summed E-state index contributed by atoms with van der Waals surface area (Å²) in [5.41, 5.74) is -0.488. The van der Waals surface area contributed by atoms with E-state index in [2.05, 4.69) is 0 Å². The molecule has 0 radical (unpaired) electrons. The Morgan fingerprint density at radius 1 is 0.786 bits per heavy atom. The highest BCUT2D eigenvalue weighted by atomic mass is 16.3. The molecule has 0 amide bonds. The van der Waals surface area contributed by atoms with E-state index in [-0.39, 0.29) is 12.2 Å². The third kappa shape index (κ3) is 2.70. The van der Waals surface area contributed by atoms with Crippen LogP contribution in [0, 0.1) is 5.41 Å². The summed E-state index contributed by atoms with van der Waals surface area (Å²) >= 11 is 0. The van der Waals surface area contributed by atoms with Gasteiger partial charge in [0, 0.05) is 23.1 Å². The fourth-order valence-electron chi connectivity index (χ4n) is 3.88. The zero-order valence-corrected chi connectivity index (χ0v) is 15.0. The summed E-state index contributed by atoms with van der Waals surface area (Å²) in [6, 6.07) is 23.5. The number of fused-ring (bicyclic) bond motifs is 1. The van der Waals surface area contributed by atoms with Crippen LogP contribution in [0.5, 0.6) is 0 Å². The van der Waals surface area contributed by atoms with E-state index < -0.39 is 23.1 Å². The van der Waals surface area contributed by atoms with Crippen molar-refractivity contribution in [3.8, 4) is 0 Å². The van der Waals surface area contributed by atoms with Gasteiger partial charge in [-0.25, -0.2) is 0 Å². The molecule has 1 aliphatic rings. The Bertz CT molecular complexity index is 1060. The first kappa shape index (κ1) is 18.0. The minimum atomic E-state index is -1.86. The van der Waals surface area contributed by atoms with E-state index in [9.17, 15) is 19.5 Å². The van der Waals surface area contributed by atoms with Gasteiger partial charge >= 0.3 is 0 Å². The second-order valence-electron chi connectivity index (χ2n) is 6.95. The smallest absolute Gasteiger partial charge is 0.180 e. The second-order valence-corrected chi connectivity index (χ2v) is 6.95. The van der Waals surface area contributed by atoms with Gasteiger partial charge in [0.1, 0.15) is 11.5 Å². The van der Waals surface area contributed by atoms with Gasteiger partial charge in [0.25, 0.3) is 0 Å². The number of hydrogen-bond donors (Lipinski definition) is 1. The van der Waals surface area contributed by atoms with Crippen LogP contribution in [-0.4, -0.2) is 22.5 Å². The van der Waals surface area contributed by atoms with Crippen molar-refractivity contribution in [2.75, 3.05) is 0 Å². The van der Waals surface area contributed by atoms with Crippen LogP contribution in [0.15, 0.2) is 84.9 Å². The van der Waals surface area contributed by atoms with Crippen molar-refractivity contribution < 1.29 is 19.5 Å². The van der Waals surface area contributed by atoms with Crippen molar-refractivity contribution in [1.29, 1.82) is 0 Å². The molecule has 1 aliphatic carbocycles. The first-order valence-corrected chi connectivity index (χ1v) is 9.05. The molecule has 4 rings (SSSR count). The molecule has 0 spiro atoms. The van der Waals surface area contributed by atoms with E-state index in [0.717, 1.165) is 0 Å². The van der Waals surface area contributed by atoms with Gasteiger partial charge in [-0.3, -0.25) is 14.4 Å². The average molecular weight is 370 g/mol. The van der Waals surface area contributed by atoms with Gasteiger partial charge in [0.05, 0.1) is 0 Å². The van der Waals surface area contributed by atoms with Crippen LogP contribution in [-0.2, 0) is 0 Å². The molecule has 0 aromatic heterocycles. The summed E-state index contributed by atoms with van der Waals surface area (Å²) in [6.07, 6.45) is -1.77. The molecular formula is C24H18O4. The SMILES string of the molecule is O=C(C[C@@]1(C(=O)c2ccccc2)C(=O)c2ccccc2[C@@H]1O)c1ccccc1. The Hall–Kier alpha value is -3.37. The van der Waals surface area contributed by atoms with Crippen LogP contribution in [0.25, 0.3) is 0 Å². The summed E-state index contributed by atoms with van der Waals surface area (Å²) in [6.45, 7) is 0. The number of ketones is 3. The largest absolute Gasteiger partial charge is 0.387 e. The summed E-state index contributed by atoms with van der Waals surface area (Å²) in [7, 11) is 0. The quantitative estimate of drug-likeness (QED) is 0.543. The minimum absolute atomic E-state index is 0.292. The lowest BCUT2D eigenvalue weighted by molar-refractivity contribution is 0.0272. The molecule has 28 heavy (non-hydrogen) atoms. The number of Topliss-reactive ketones (excluding diaryl/α,β-unsaturated/α-hetero) is 3. The summed E-state index contributed by atoms with van der Waals surface area (Å²) in [5.74, 6) is -1.40. The van der Waals surface area contributed by atoms with Crippen molar-refractivity contribution in [2.45, 2.75) is 12.5 Å². The molecule has 2 atom stereocenters. The molecule has 0 heterocycles. The second kappa shape index (κ2) is 6.98. The number of aliphatic hydroxyl groups is 1. The van der Waals surface area contributed by atoms with E-state index >= 15 is 0 Å². The van der Waals surface area contributed by atoms with Crippen LogP contribution < -0.4 is 0 Å². The van der Waals surface area contributed by atoms with Gasteiger partial charge in [0.15, 0.2) is 17.3 Å². The molecule has 3 aromatic carbocycles. The van der Waals surface area contributed by atoms with Crippen LogP contribution in [0.1, 0.15) is 49.2 Å². The van der Waals surface area contributed by atoms with Gasteiger partial charge in [-0.15, -0.1) is 0 Å². The Balaban J connectivity index is 1.84. The Kier molecular flexibility index (Phi) is 4.49. The lowest BCUT2D eigenvalue weighted by Gasteiger charge is -2.29. The van der Waals surface area contributed by atoms with Crippen molar-refractivity contribution in [3.63, 3.8) is 0 Å². The van der Waals surface area contributed by atoms with E-state index in [0.29, 0.717) is 22.3 Å². The fraction of sp³-hybridized carbons (Fsp3) is 0.125. The van der Waals surface area contributed by atoms with Gasteiger partial charge in [-0.1, -0.05) is 84.9 Å². The predicted molar refractivity (Wildman–Crippen MR) is 104 cm³/mol. The molecule has 0 bridgehead atoms. The van der Waals surface area contributed by atoms with Gasteiger partial charge in [-0.05, 0) is 5.56 Å². The molecular weight excluding hydrogens is 352 g/mol. The Morgan fingerprint density at radius 2 is 1.32 bits per heavy atom. The maximum absolute atomic E-state index is 13.5. The number of hydrogen-bond acceptors (Lipinski definition) is 4. The van der Waals surface area contributed by atoms with E-state index in [4.69, 9.17) is 0 Å². The number of aliphatic hydroxyl groups excluding tert-OH is 1. The van der Waals surface area contributed by atoms with Crippen LogP contribution >= 0.6 is 0 Å². The third-order valence-corrected chi connectivity index (χ3v) is 5.35. The highest BCUT2D eigenvalue weighted by Crippen LogP contribution is 2.50. The normalized spacial score (nSPS) is 20.6. The number of rotatable bonds is 5. The topological polar surface area (TPSA) is 71.4 Å². The highest BCUT2D eigenvalue weighted by molar-refractivity contribution is 6.25. The fourth-order valence-corrected chi connectivity index (χ4v) is 3.88. The van der Waals surface area contributed by atoms with Gasteiger partial charge < -0.3 is 5.11 Å². The number of carbonyl (C=O) groups is 3. The zero-order chi connectivity index (χ0) is 19.7. The van der Waals surface area contributed by atoms with Crippen LogP contribution in [0.4, 0.5) is 0 Å². The first-order valence-electron chi connectivity index (χ1n) is 9.05. The molecule has 0 saturated heterocycles. The molecule has 0 unspecified atom stereocenters. The lowest BCUT2D eigenvalue weighted by atomic mass is 9.70. The molecule has 3 aromatic rings.